The fourth-order valence-electron chi connectivity index (χ4n) is 5.42. The number of aliphatic carboxylic acids is 1. The maximum Gasteiger partial charge on any atom is 0.320 e. The molecule has 3 nitrogen and oxygen atoms in total. The molecule has 0 aromatic carbocycles. The van der Waals surface area contributed by atoms with Crippen LogP contribution >= 0.6 is 0 Å². The molecule has 4 bridgehead atoms. The Morgan fingerprint density at radius 2 is 1.67 bits per heavy atom. The first-order valence-corrected chi connectivity index (χ1v) is 7.55. The molecule has 0 radical (unpaired) electrons. The zero-order valence-corrected chi connectivity index (χ0v) is 11.1. The van der Waals surface area contributed by atoms with Crippen LogP contribution in [0.1, 0.15) is 57.8 Å². The van der Waals surface area contributed by atoms with Gasteiger partial charge in [0.1, 0.15) is 6.04 Å². The maximum atomic E-state index is 10.7. The number of carboxylic acid groups (broad SMARTS) is 1. The first-order chi connectivity index (χ1) is 8.56. The van der Waals surface area contributed by atoms with Gasteiger partial charge >= 0.3 is 5.97 Å². The minimum Gasteiger partial charge on any atom is -0.480 e. The highest BCUT2D eigenvalue weighted by Crippen LogP contribution is 2.61. The van der Waals surface area contributed by atoms with Crippen molar-refractivity contribution in [1.29, 1.82) is 0 Å². The van der Waals surface area contributed by atoms with E-state index in [1.807, 2.05) is 0 Å². The molecule has 102 valence electrons. The van der Waals surface area contributed by atoms with Crippen molar-refractivity contribution in [3.05, 3.63) is 0 Å². The fourth-order valence-corrected chi connectivity index (χ4v) is 5.42. The largest absolute Gasteiger partial charge is 0.480 e. The van der Waals surface area contributed by atoms with Crippen LogP contribution in [0.25, 0.3) is 0 Å². The SMILES string of the molecule is NC(CCCC12CC3CC(CC(C3)C1)C2)C(=O)O. The Hall–Kier alpha value is -0.570. The summed E-state index contributed by atoms with van der Waals surface area (Å²) in [6.45, 7) is 0. The van der Waals surface area contributed by atoms with Gasteiger partial charge in [-0.3, -0.25) is 4.79 Å². The van der Waals surface area contributed by atoms with Crippen molar-refractivity contribution in [2.75, 3.05) is 0 Å². The molecule has 4 aliphatic carbocycles. The van der Waals surface area contributed by atoms with Gasteiger partial charge in [0.15, 0.2) is 0 Å². The van der Waals surface area contributed by atoms with Gasteiger partial charge in [-0.15, -0.1) is 0 Å². The third-order valence-electron chi connectivity index (χ3n) is 5.70. The molecule has 0 amide bonds. The van der Waals surface area contributed by atoms with E-state index in [0.717, 1.165) is 24.2 Å². The van der Waals surface area contributed by atoms with Crippen molar-refractivity contribution >= 4 is 5.97 Å². The lowest BCUT2D eigenvalue weighted by Gasteiger charge is -2.57. The molecule has 3 N–H and O–H groups in total. The number of hydrogen-bond donors (Lipinski definition) is 2. The van der Waals surface area contributed by atoms with Crippen LogP contribution in [0.4, 0.5) is 0 Å². The summed E-state index contributed by atoms with van der Waals surface area (Å²) in [5, 5.41) is 8.82. The second-order valence-corrected chi connectivity index (χ2v) is 7.25. The summed E-state index contributed by atoms with van der Waals surface area (Å²) in [5.74, 6) is 2.12. The topological polar surface area (TPSA) is 63.3 Å². The average Bonchev–Trinajstić information content (AvgIpc) is 2.26. The van der Waals surface area contributed by atoms with Crippen molar-refractivity contribution < 1.29 is 9.90 Å². The van der Waals surface area contributed by atoms with E-state index in [4.69, 9.17) is 10.8 Å². The highest BCUT2D eigenvalue weighted by molar-refractivity contribution is 5.72. The van der Waals surface area contributed by atoms with E-state index in [1.165, 1.54) is 44.9 Å². The molecule has 1 unspecified atom stereocenters. The van der Waals surface area contributed by atoms with Crippen LogP contribution in [0.15, 0.2) is 0 Å². The summed E-state index contributed by atoms with van der Waals surface area (Å²) < 4.78 is 0. The van der Waals surface area contributed by atoms with Gasteiger partial charge in [-0.05, 0) is 74.5 Å². The molecule has 1 atom stereocenters. The van der Waals surface area contributed by atoms with E-state index in [9.17, 15) is 4.79 Å². The zero-order chi connectivity index (χ0) is 12.8. The van der Waals surface area contributed by atoms with E-state index in [-0.39, 0.29) is 0 Å². The Balaban J connectivity index is 1.54. The zero-order valence-electron chi connectivity index (χ0n) is 11.1. The number of rotatable bonds is 5. The first kappa shape index (κ1) is 12.5. The Labute approximate surface area is 109 Å². The lowest BCUT2D eigenvalue weighted by atomic mass is 9.48. The van der Waals surface area contributed by atoms with E-state index in [2.05, 4.69) is 0 Å². The van der Waals surface area contributed by atoms with E-state index in [1.54, 1.807) is 0 Å². The molecule has 4 rings (SSSR count). The monoisotopic (exact) mass is 251 g/mol. The van der Waals surface area contributed by atoms with Crippen LogP contribution in [0.2, 0.25) is 0 Å². The lowest BCUT2D eigenvalue weighted by molar-refractivity contribution is -0.138. The van der Waals surface area contributed by atoms with Crippen molar-refractivity contribution in [3.63, 3.8) is 0 Å². The molecular formula is C15H25NO2. The summed E-state index contributed by atoms with van der Waals surface area (Å²) in [6, 6.07) is -0.654. The molecule has 0 aromatic heterocycles. The second kappa shape index (κ2) is 4.52. The molecule has 4 saturated carbocycles. The Morgan fingerprint density at radius 1 is 1.17 bits per heavy atom. The maximum absolute atomic E-state index is 10.7. The predicted molar refractivity (Wildman–Crippen MR) is 70.1 cm³/mol. The van der Waals surface area contributed by atoms with Crippen LogP contribution < -0.4 is 5.73 Å². The smallest absolute Gasteiger partial charge is 0.320 e. The van der Waals surface area contributed by atoms with Crippen LogP contribution in [0.3, 0.4) is 0 Å². The third-order valence-corrected chi connectivity index (χ3v) is 5.70. The molecule has 18 heavy (non-hydrogen) atoms. The minimum atomic E-state index is -0.847. The second-order valence-electron chi connectivity index (χ2n) is 7.25. The quantitative estimate of drug-likeness (QED) is 0.789. The van der Waals surface area contributed by atoms with Gasteiger partial charge in [-0.2, -0.15) is 0 Å². The molecule has 4 aliphatic rings. The molecule has 0 aromatic rings. The molecule has 0 aliphatic heterocycles. The summed E-state index contributed by atoms with van der Waals surface area (Å²) in [5.41, 5.74) is 6.17. The first-order valence-electron chi connectivity index (χ1n) is 7.55. The fraction of sp³-hybridized carbons (Fsp3) is 0.933. The standard InChI is InChI=1S/C15H25NO2/c16-13(14(17)18)2-1-3-15-7-10-4-11(8-15)6-12(5-10)9-15/h10-13H,1-9,16H2,(H,17,18). The number of carbonyl (C=O) groups is 1. The van der Waals surface area contributed by atoms with Crippen molar-refractivity contribution in [2.24, 2.45) is 28.9 Å². The van der Waals surface area contributed by atoms with Gasteiger partial charge in [0.25, 0.3) is 0 Å². The summed E-state index contributed by atoms with van der Waals surface area (Å²) in [6.07, 6.45) is 11.6. The van der Waals surface area contributed by atoms with Gasteiger partial charge < -0.3 is 10.8 Å². The highest BCUT2D eigenvalue weighted by atomic mass is 16.4. The summed E-state index contributed by atoms with van der Waals surface area (Å²) in [7, 11) is 0. The molecule has 4 fully saturated rings. The average molecular weight is 251 g/mol. The van der Waals surface area contributed by atoms with E-state index >= 15 is 0 Å². The lowest BCUT2D eigenvalue weighted by Crippen LogP contribution is -2.46. The molecular weight excluding hydrogens is 226 g/mol. The van der Waals surface area contributed by atoms with Crippen LogP contribution in [-0.4, -0.2) is 17.1 Å². The van der Waals surface area contributed by atoms with Crippen molar-refractivity contribution in [1.82, 2.24) is 0 Å². The summed E-state index contributed by atoms with van der Waals surface area (Å²) in [4.78, 5) is 10.7. The van der Waals surface area contributed by atoms with E-state index < -0.39 is 12.0 Å². The number of hydrogen-bond acceptors (Lipinski definition) is 2. The third kappa shape index (κ3) is 2.29. The van der Waals surface area contributed by atoms with Gasteiger partial charge in [0, 0.05) is 0 Å². The molecule has 0 heterocycles. The number of carboxylic acids is 1. The minimum absolute atomic E-state index is 0.576. The van der Waals surface area contributed by atoms with Crippen molar-refractivity contribution in [3.8, 4) is 0 Å². The van der Waals surface area contributed by atoms with Crippen LogP contribution in [0, 0.1) is 23.2 Å². The van der Waals surface area contributed by atoms with Crippen LogP contribution in [-0.2, 0) is 4.79 Å². The van der Waals surface area contributed by atoms with E-state index in [0.29, 0.717) is 11.8 Å². The highest BCUT2D eigenvalue weighted by Gasteiger charge is 2.50. The predicted octanol–water partition coefficient (Wildman–Crippen LogP) is 2.79. The van der Waals surface area contributed by atoms with Gasteiger partial charge in [-0.25, -0.2) is 0 Å². The van der Waals surface area contributed by atoms with Gasteiger partial charge in [0.05, 0.1) is 0 Å². The Morgan fingerprint density at radius 3 is 2.11 bits per heavy atom. The summed E-state index contributed by atoms with van der Waals surface area (Å²) >= 11 is 0. The van der Waals surface area contributed by atoms with Crippen LogP contribution in [0.5, 0.6) is 0 Å². The normalized spacial score (nSPS) is 43.1. The Kier molecular flexibility index (Phi) is 3.13. The Bertz CT molecular complexity index is 304. The van der Waals surface area contributed by atoms with Gasteiger partial charge in [0.2, 0.25) is 0 Å². The molecule has 0 spiro atoms. The van der Waals surface area contributed by atoms with Gasteiger partial charge in [-0.1, -0.05) is 6.42 Å². The number of nitrogens with two attached hydrogens (primary N) is 1. The van der Waals surface area contributed by atoms with Crippen molar-refractivity contribution in [2.45, 2.75) is 63.8 Å². The molecule has 3 heteroatoms. The molecule has 0 saturated heterocycles.